The summed E-state index contributed by atoms with van der Waals surface area (Å²) >= 11 is 11.5. The van der Waals surface area contributed by atoms with Crippen molar-refractivity contribution in [1.29, 1.82) is 0 Å². The summed E-state index contributed by atoms with van der Waals surface area (Å²) in [6, 6.07) is 3.37. The summed E-state index contributed by atoms with van der Waals surface area (Å²) in [6.07, 6.45) is 2.47. The molecule has 1 fully saturated rings. The lowest BCUT2D eigenvalue weighted by molar-refractivity contribution is 0.0756. The number of hydrogen-bond acceptors (Lipinski definition) is 3. The third kappa shape index (κ3) is 4.06. The first-order valence-electron chi connectivity index (χ1n) is 6.40. The molecule has 0 spiro atoms. The van der Waals surface area contributed by atoms with Crippen LogP contribution in [0.5, 0.6) is 0 Å². The zero-order chi connectivity index (χ0) is 13.7. The number of nitrogens with zero attached hydrogens (tertiary/aromatic N) is 3. The zero-order valence-corrected chi connectivity index (χ0v) is 12.2. The van der Waals surface area contributed by atoms with E-state index in [0.29, 0.717) is 16.6 Å². The van der Waals surface area contributed by atoms with Crippen molar-refractivity contribution in [3.8, 4) is 0 Å². The van der Waals surface area contributed by atoms with E-state index < -0.39 is 0 Å². The first-order valence-corrected chi connectivity index (χ1v) is 7.31. The Kier molecular flexibility index (Phi) is 5.43. The molecule has 1 aliphatic heterocycles. The zero-order valence-electron chi connectivity index (χ0n) is 10.7. The summed E-state index contributed by atoms with van der Waals surface area (Å²) < 4.78 is 0. The van der Waals surface area contributed by atoms with Crippen LogP contribution in [-0.4, -0.2) is 59.3 Å². The van der Waals surface area contributed by atoms with Crippen molar-refractivity contribution in [2.24, 2.45) is 0 Å². The van der Waals surface area contributed by atoms with Crippen LogP contribution in [0.4, 0.5) is 0 Å². The van der Waals surface area contributed by atoms with Crippen molar-refractivity contribution in [1.82, 2.24) is 14.8 Å². The molecule has 2 heterocycles. The molecule has 1 aromatic heterocycles. The average molecular weight is 302 g/mol. The molecule has 1 aliphatic rings. The monoisotopic (exact) mass is 301 g/mol. The number of hydrogen-bond donors (Lipinski definition) is 0. The third-order valence-electron chi connectivity index (χ3n) is 3.22. The van der Waals surface area contributed by atoms with Crippen LogP contribution in [0.2, 0.25) is 5.02 Å². The largest absolute Gasteiger partial charge is 0.336 e. The first kappa shape index (κ1) is 14.6. The molecule has 0 saturated carbocycles. The fourth-order valence-corrected chi connectivity index (χ4v) is 2.53. The lowest BCUT2D eigenvalue weighted by Gasteiger charge is -2.21. The summed E-state index contributed by atoms with van der Waals surface area (Å²) in [5, 5.41) is 0.542. The second-order valence-corrected chi connectivity index (χ2v) is 5.35. The molecule has 0 atom stereocenters. The van der Waals surface area contributed by atoms with Crippen molar-refractivity contribution in [3.05, 3.63) is 29.0 Å². The number of carbonyl (C=O) groups excluding carboxylic acids is 1. The van der Waals surface area contributed by atoms with Gasteiger partial charge in [-0.15, -0.1) is 11.6 Å². The van der Waals surface area contributed by atoms with E-state index in [1.165, 1.54) is 6.20 Å². The van der Waals surface area contributed by atoms with E-state index in [2.05, 4.69) is 9.88 Å². The quantitative estimate of drug-likeness (QED) is 0.803. The molecule has 0 bridgehead atoms. The molecule has 104 valence electrons. The molecule has 0 aromatic carbocycles. The third-order valence-corrected chi connectivity index (χ3v) is 3.62. The number of amides is 1. The summed E-state index contributed by atoms with van der Waals surface area (Å²) in [4.78, 5) is 20.5. The van der Waals surface area contributed by atoms with Gasteiger partial charge in [0.25, 0.3) is 5.91 Å². The van der Waals surface area contributed by atoms with Gasteiger partial charge in [-0.05, 0) is 25.1 Å². The summed E-state index contributed by atoms with van der Waals surface area (Å²) in [6.45, 7) is 4.22. The highest BCUT2D eigenvalue weighted by atomic mass is 35.5. The summed E-state index contributed by atoms with van der Waals surface area (Å²) in [7, 11) is 0. The van der Waals surface area contributed by atoms with Crippen molar-refractivity contribution >= 4 is 29.1 Å². The standard InChI is InChI=1S/C13H17Cl2N3O/c14-4-7-17-5-1-6-18(9-8-17)13(19)12-3-2-11(15)10-16-12/h2-3,10H,1,4-9H2. The van der Waals surface area contributed by atoms with Gasteiger partial charge in [-0.1, -0.05) is 11.6 Å². The highest BCUT2D eigenvalue weighted by Crippen LogP contribution is 2.10. The highest BCUT2D eigenvalue weighted by Gasteiger charge is 2.20. The lowest BCUT2D eigenvalue weighted by atomic mass is 10.3. The summed E-state index contributed by atoms with van der Waals surface area (Å²) in [5.41, 5.74) is 0.454. The van der Waals surface area contributed by atoms with Gasteiger partial charge in [0.1, 0.15) is 5.69 Å². The van der Waals surface area contributed by atoms with Gasteiger partial charge in [0, 0.05) is 38.3 Å². The minimum Gasteiger partial charge on any atom is -0.336 e. The normalized spacial score (nSPS) is 17.3. The van der Waals surface area contributed by atoms with Crippen LogP contribution in [0, 0.1) is 0 Å². The van der Waals surface area contributed by atoms with Gasteiger partial charge in [-0.2, -0.15) is 0 Å². The lowest BCUT2D eigenvalue weighted by Crippen LogP contribution is -2.36. The summed E-state index contributed by atoms with van der Waals surface area (Å²) in [5.74, 6) is 0.608. The molecule has 0 aliphatic carbocycles. The molecule has 1 saturated heterocycles. The smallest absolute Gasteiger partial charge is 0.272 e. The Morgan fingerprint density at radius 3 is 2.79 bits per heavy atom. The minimum absolute atomic E-state index is 0.0237. The maximum absolute atomic E-state index is 12.3. The Balaban J connectivity index is 1.98. The number of alkyl halides is 1. The van der Waals surface area contributed by atoms with E-state index in [9.17, 15) is 4.79 Å². The Morgan fingerprint density at radius 1 is 1.26 bits per heavy atom. The molecule has 4 nitrogen and oxygen atoms in total. The molecule has 0 unspecified atom stereocenters. The first-order chi connectivity index (χ1) is 9.20. The molecule has 1 amide bonds. The number of rotatable bonds is 3. The van der Waals surface area contributed by atoms with Crippen LogP contribution < -0.4 is 0 Å². The SMILES string of the molecule is O=C(c1ccc(Cl)cn1)N1CCCN(CCCl)CC1. The molecule has 0 radical (unpaired) electrons. The van der Waals surface area contributed by atoms with Crippen molar-refractivity contribution in [2.75, 3.05) is 38.6 Å². The van der Waals surface area contributed by atoms with Crippen molar-refractivity contribution < 1.29 is 4.79 Å². The molecule has 1 aromatic rings. The second kappa shape index (κ2) is 7.08. The van der Waals surface area contributed by atoms with Gasteiger partial charge in [0.2, 0.25) is 0 Å². The van der Waals surface area contributed by atoms with E-state index in [4.69, 9.17) is 23.2 Å². The number of aromatic nitrogens is 1. The maximum atomic E-state index is 12.3. The second-order valence-electron chi connectivity index (χ2n) is 4.54. The van der Waals surface area contributed by atoms with Crippen LogP contribution >= 0.6 is 23.2 Å². The fraction of sp³-hybridized carbons (Fsp3) is 0.538. The highest BCUT2D eigenvalue weighted by molar-refractivity contribution is 6.30. The van der Waals surface area contributed by atoms with Crippen LogP contribution in [-0.2, 0) is 0 Å². The van der Waals surface area contributed by atoms with E-state index in [-0.39, 0.29) is 5.91 Å². The van der Waals surface area contributed by atoms with E-state index in [1.807, 2.05) is 4.90 Å². The average Bonchev–Trinajstić information content (AvgIpc) is 2.65. The molecule has 6 heteroatoms. The Bertz CT molecular complexity index is 424. The van der Waals surface area contributed by atoms with E-state index >= 15 is 0 Å². The predicted octanol–water partition coefficient (Wildman–Crippen LogP) is 2.12. The van der Waals surface area contributed by atoms with Crippen molar-refractivity contribution in [2.45, 2.75) is 6.42 Å². The van der Waals surface area contributed by atoms with Crippen molar-refractivity contribution in [3.63, 3.8) is 0 Å². The van der Waals surface area contributed by atoms with E-state index in [0.717, 1.165) is 39.1 Å². The van der Waals surface area contributed by atoms with Crippen LogP contribution in [0.25, 0.3) is 0 Å². The Morgan fingerprint density at radius 2 is 2.11 bits per heavy atom. The number of halogens is 2. The molecular weight excluding hydrogens is 285 g/mol. The van der Waals surface area contributed by atoms with Gasteiger partial charge in [0.05, 0.1) is 5.02 Å². The van der Waals surface area contributed by atoms with Gasteiger partial charge < -0.3 is 9.80 Å². The van der Waals surface area contributed by atoms with E-state index in [1.54, 1.807) is 12.1 Å². The van der Waals surface area contributed by atoms with Gasteiger partial charge in [0.15, 0.2) is 0 Å². The van der Waals surface area contributed by atoms with Crippen LogP contribution in [0.1, 0.15) is 16.9 Å². The van der Waals surface area contributed by atoms with Crippen LogP contribution in [0.15, 0.2) is 18.3 Å². The molecule has 0 N–H and O–H groups in total. The fourth-order valence-electron chi connectivity index (χ4n) is 2.18. The molecule has 19 heavy (non-hydrogen) atoms. The Labute approximate surface area is 123 Å². The molecular formula is C13H17Cl2N3O. The number of pyridine rings is 1. The molecule has 2 rings (SSSR count). The minimum atomic E-state index is -0.0237. The van der Waals surface area contributed by atoms with Gasteiger partial charge in [-0.25, -0.2) is 4.98 Å². The van der Waals surface area contributed by atoms with Gasteiger partial charge in [-0.3, -0.25) is 4.79 Å². The predicted molar refractivity (Wildman–Crippen MR) is 76.9 cm³/mol. The van der Waals surface area contributed by atoms with Gasteiger partial charge >= 0.3 is 0 Å². The Hall–Kier alpha value is -0.840. The van der Waals surface area contributed by atoms with Crippen LogP contribution in [0.3, 0.4) is 0 Å². The maximum Gasteiger partial charge on any atom is 0.272 e. The number of carbonyl (C=O) groups is 1. The topological polar surface area (TPSA) is 36.4 Å².